The molecule has 0 aromatic heterocycles. The lowest BCUT2D eigenvalue weighted by Gasteiger charge is -1.97. The van der Waals surface area contributed by atoms with E-state index in [1.807, 2.05) is 0 Å². The van der Waals surface area contributed by atoms with Gasteiger partial charge in [0.05, 0.1) is 6.61 Å². The van der Waals surface area contributed by atoms with Crippen molar-refractivity contribution in [1.82, 2.24) is 0 Å². The van der Waals surface area contributed by atoms with Gasteiger partial charge in [-0.05, 0) is 51.4 Å². The number of hydrogen-bond acceptors (Lipinski definition) is 3. The summed E-state index contributed by atoms with van der Waals surface area (Å²) in [5.74, 6) is 0. The highest BCUT2D eigenvalue weighted by Gasteiger charge is 2.01. The van der Waals surface area contributed by atoms with Crippen molar-refractivity contribution < 1.29 is 17.2 Å². The quantitative estimate of drug-likeness (QED) is 0.207. The third kappa shape index (κ3) is 22.8. The molecule has 0 saturated carbocycles. The molecule has 0 aromatic rings. The van der Waals surface area contributed by atoms with Gasteiger partial charge in [0.2, 0.25) is 0 Å². The first-order valence-electron chi connectivity index (χ1n) is 9.28. The topological polar surface area (TPSA) is 63.6 Å². The van der Waals surface area contributed by atoms with Gasteiger partial charge in [-0.1, -0.05) is 68.4 Å². The van der Waals surface area contributed by atoms with Gasteiger partial charge in [-0.3, -0.25) is 4.55 Å². The smallest absolute Gasteiger partial charge is 0.264 e. The second-order valence-electron chi connectivity index (χ2n) is 5.83. The van der Waals surface area contributed by atoms with Gasteiger partial charge in [0, 0.05) is 0 Å². The lowest BCUT2D eigenvalue weighted by Crippen LogP contribution is -2.04. The highest BCUT2D eigenvalue weighted by molar-refractivity contribution is 7.80. The number of rotatable bonds is 16. The molecule has 25 heavy (non-hydrogen) atoms. The van der Waals surface area contributed by atoms with E-state index in [2.05, 4.69) is 59.7 Å². The maximum Gasteiger partial charge on any atom is 0.397 e. The standard InChI is InChI=1S/C20H34O4S/c1-2-3-4-5-6-7-8-9-10-11-12-13-14-15-16-17-18-19-20-24-25(21,22)23/h6-7,9-10,12-13,15-16H,2-5,8,11,14,17-20H2,1H3,(H,21,22,23)/b7-6-,10-9-,13-12-,16-15-. The average Bonchev–Trinajstić information content (AvgIpc) is 2.56. The summed E-state index contributed by atoms with van der Waals surface area (Å²) in [5, 5.41) is 0. The number of unbranched alkanes of at least 4 members (excludes halogenated alkanes) is 5. The second-order valence-corrected chi connectivity index (χ2v) is 6.93. The van der Waals surface area contributed by atoms with E-state index in [0.29, 0.717) is 6.42 Å². The first-order chi connectivity index (χ1) is 12.1. The molecule has 0 radical (unpaired) electrons. The molecular weight excluding hydrogens is 336 g/mol. The van der Waals surface area contributed by atoms with Gasteiger partial charge in [0.1, 0.15) is 0 Å². The summed E-state index contributed by atoms with van der Waals surface area (Å²) < 4.78 is 33.3. The SMILES string of the molecule is CCCCC/C=C\C/C=C\C/C=C\C/C=C\CCCCOS(=O)(=O)O. The Morgan fingerprint density at radius 2 is 1.16 bits per heavy atom. The molecular formula is C20H34O4S. The molecule has 0 fully saturated rings. The normalized spacial score (nSPS) is 13.2. The van der Waals surface area contributed by atoms with Crippen molar-refractivity contribution in [3.8, 4) is 0 Å². The molecule has 0 saturated heterocycles. The van der Waals surface area contributed by atoms with Crippen molar-refractivity contribution in [3.05, 3.63) is 48.6 Å². The summed E-state index contributed by atoms with van der Waals surface area (Å²) in [5.41, 5.74) is 0. The van der Waals surface area contributed by atoms with Gasteiger partial charge in [-0.15, -0.1) is 0 Å². The lowest BCUT2D eigenvalue weighted by atomic mass is 10.2. The van der Waals surface area contributed by atoms with Gasteiger partial charge in [-0.2, -0.15) is 8.42 Å². The average molecular weight is 371 g/mol. The van der Waals surface area contributed by atoms with Gasteiger partial charge >= 0.3 is 10.4 Å². The fraction of sp³-hybridized carbons (Fsp3) is 0.600. The van der Waals surface area contributed by atoms with E-state index < -0.39 is 10.4 Å². The molecule has 0 amide bonds. The molecule has 4 nitrogen and oxygen atoms in total. The van der Waals surface area contributed by atoms with Crippen molar-refractivity contribution in [1.29, 1.82) is 0 Å². The molecule has 0 heterocycles. The number of allylic oxidation sites excluding steroid dienone is 8. The first-order valence-corrected chi connectivity index (χ1v) is 10.6. The van der Waals surface area contributed by atoms with Crippen LogP contribution in [0.4, 0.5) is 0 Å². The molecule has 0 rings (SSSR count). The van der Waals surface area contributed by atoms with Crippen LogP contribution in [-0.4, -0.2) is 19.6 Å². The second kappa shape index (κ2) is 17.6. The van der Waals surface area contributed by atoms with Crippen molar-refractivity contribution in [2.45, 2.75) is 71.1 Å². The lowest BCUT2D eigenvalue weighted by molar-refractivity contribution is 0.263. The third-order valence-corrected chi connectivity index (χ3v) is 3.92. The van der Waals surface area contributed by atoms with Crippen molar-refractivity contribution >= 4 is 10.4 Å². The Morgan fingerprint density at radius 3 is 1.60 bits per heavy atom. The molecule has 0 aliphatic carbocycles. The van der Waals surface area contributed by atoms with Crippen molar-refractivity contribution in [2.24, 2.45) is 0 Å². The van der Waals surface area contributed by atoms with Gasteiger partial charge in [-0.25, -0.2) is 4.18 Å². The van der Waals surface area contributed by atoms with Crippen LogP contribution >= 0.6 is 0 Å². The van der Waals surface area contributed by atoms with Gasteiger partial charge < -0.3 is 0 Å². The van der Waals surface area contributed by atoms with Crippen LogP contribution in [0.5, 0.6) is 0 Å². The van der Waals surface area contributed by atoms with E-state index in [1.165, 1.54) is 25.7 Å². The Bertz CT molecular complexity index is 502. The van der Waals surface area contributed by atoms with Crippen LogP contribution in [-0.2, 0) is 14.6 Å². The monoisotopic (exact) mass is 370 g/mol. The molecule has 0 aliphatic heterocycles. The van der Waals surface area contributed by atoms with E-state index in [1.54, 1.807) is 0 Å². The molecule has 0 aromatic carbocycles. The van der Waals surface area contributed by atoms with Gasteiger partial charge in [0.25, 0.3) is 0 Å². The summed E-state index contributed by atoms with van der Waals surface area (Å²) in [6, 6.07) is 0. The van der Waals surface area contributed by atoms with Crippen molar-refractivity contribution in [2.75, 3.05) is 6.61 Å². The van der Waals surface area contributed by atoms with E-state index in [9.17, 15) is 8.42 Å². The molecule has 0 spiro atoms. The van der Waals surface area contributed by atoms with Gasteiger partial charge in [0.15, 0.2) is 0 Å². The van der Waals surface area contributed by atoms with E-state index in [0.717, 1.165) is 32.1 Å². The molecule has 1 N–H and O–H groups in total. The van der Waals surface area contributed by atoms with Crippen molar-refractivity contribution in [3.63, 3.8) is 0 Å². The Labute approximate surface area is 154 Å². The summed E-state index contributed by atoms with van der Waals surface area (Å²) in [6.45, 7) is 2.26. The predicted octanol–water partition coefficient (Wildman–Crippen LogP) is 5.95. The molecule has 0 bridgehead atoms. The predicted molar refractivity (Wildman–Crippen MR) is 106 cm³/mol. The Morgan fingerprint density at radius 1 is 0.720 bits per heavy atom. The molecule has 144 valence electrons. The highest BCUT2D eigenvalue weighted by atomic mass is 32.3. The Balaban J connectivity index is 3.43. The summed E-state index contributed by atoms with van der Waals surface area (Å²) >= 11 is 0. The summed E-state index contributed by atoms with van der Waals surface area (Å²) in [7, 11) is -4.28. The van der Waals surface area contributed by atoms with Crippen LogP contribution in [0.2, 0.25) is 0 Å². The van der Waals surface area contributed by atoms with Crippen LogP contribution in [0.15, 0.2) is 48.6 Å². The fourth-order valence-corrected chi connectivity index (χ4v) is 2.42. The van der Waals surface area contributed by atoms with Crippen LogP contribution in [0.3, 0.4) is 0 Å². The molecule has 0 aliphatic rings. The van der Waals surface area contributed by atoms with E-state index in [4.69, 9.17) is 4.55 Å². The largest absolute Gasteiger partial charge is 0.397 e. The third-order valence-electron chi connectivity index (χ3n) is 3.45. The highest BCUT2D eigenvalue weighted by Crippen LogP contribution is 2.02. The minimum Gasteiger partial charge on any atom is -0.264 e. The zero-order chi connectivity index (χ0) is 18.6. The summed E-state index contributed by atoms with van der Waals surface area (Å²) in [4.78, 5) is 0. The molecule has 0 unspecified atom stereocenters. The summed E-state index contributed by atoms with van der Waals surface area (Å²) in [6.07, 6.45) is 27.7. The van der Waals surface area contributed by atoms with Crippen LogP contribution in [0.1, 0.15) is 71.1 Å². The molecule has 0 atom stereocenters. The minimum atomic E-state index is -4.28. The van der Waals surface area contributed by atoms with Crippen LogP contribution in [0, 0.1) is 0 Å². The Kier molecular flexibility index (Phi) is 16.8. The van der Waals surface area contributed by atoms with Crippen LogP contribution in [0.25, 0.3) is 0 Å². The first kappa shape index (κ1) is 23.8. The maximum absolute atomic E-state index is 10.3. The Hall–Kier alpha value is -1.17. The maximum atomic E-state index is 10.3. The zero-order valence-corrected chi connectivity index (χ0v) is 16.3. The van der Waals surface area contributed by atoms with E-state index >= 15 is 0 Å². The fourth-order valence-electron chi connectivity index (χ4n) is 2.09. The minimum absolute atomic E-state index is 0.0346. The van der Waals surface area contributed by atoms with E-state index in [-0.39, 0.29) is 6.61 Å². The molecule has 5 heteroatoms. The zero-order valence-electron chi connectivity index (χ0n) is 15.5. The number of hydrogen-bond donors (Lipinski definition) is 1. The van der Waals surface area contributed by atoms with Crippen LogP contribution < -0.4 is 0 Å².